The van der Waals surface area contributed by atoms with Crippen molar-refractivity contribution in [3.63, 3.8) is 0 Å². The van der Waals surface area contributed by atoms with E-state index in [1.165, 1.54) is 12.0 Å². The summed E-state index contributed by atoms with van der Waals surface area (Å²) in [4.78, 5) is 2.42. The Morgan fingerprint density at radius 3 is 2.83 bits per heavy atom. The molecule has 0 unspecified atom stereocenters. The van der Waals surface area contributed by atoms with Crippen LogP contribution in [0.2, 0.25) is 0 Å². The minimum Gasteiger partial charge on any atom is -0.379 e. The van der Waals surface area contributed by atoms with Crippen molar-refractivity contribution in [2.24, 2.45) is 0 Å². The summed E-state index contributed by atoms with van der Waals surface area (Å²) in [5.41, 5.74) is 0. The van der Waals surface area contributed by atoms with Gasteiger partial charge in [0.15, 0.2) is 0 Å². The molecule has 1 heterocycles. The molecule has 0 atom stereocenters. The van der Waals surface area contributed by atoms with Crippen LogP contribution in [0, 0.1) is 0 Å². The number of hydrogen-bond acceptors (Lipinski definition) is 4. The molecule has 1 saturated heterocycles. The Kier molecular flexibility index (Phi) is 5.77. The lowest BCUT2D eigenvalue weighted by molar-refractivity contribution is 0.0361. The second-order valence-electron chi connectivity index (χ2n) is 2.80. The first kappa shape index (κ1) is 10.3. The van der Waals surface area contributed by atoms with E-state index < -0.39 is 0 Å². The van der Waals surface area contributed by atoms with Crippen molar-refractivity contribution in [2.45, 2.75) is 6.42 Å². The molecule has 72 valence electrons. The van der Waals surface area contributed by atoms with Gasteiger partial charge in [0, 0.05) is 25.9 Å². The van der Waals surface area contributed by atoms with Crippen molar-refractivity contribution in [1.82, 2.24) is 4.90 Å². The molecule has 0 saturated carbocycles. The van der Waals surface area contributed by atoms with E-state index in [4.69, 9.17) is 8.92 Å². The third-order valence-corrected chi connectivity index (χ3v) is 2.33. The van der Waals surface area contributed by atoms with Crippen molar-refractivity contribution in [3.8, 4) is 0 Å². The van der Waals surface area contributed by atoms with Gasteiger partial charge in [-0.3, -0.25) is 4.90 Å². The van der Waals surface area contributed by atoms with Crippen molar-refractivity contribution in [1.29, 1.82) is 0 Å². The molecule has 1 rings (SSSR count). The molecule has 1 fully saturated rings. The Balaban J connectivity index is 1.91. The van der Waals surface area contributed by atoms with Gasteiger partial charge in [0.2, 0.25) is 0 Å². The maximum absolute atomic E-state index is 5.25. The molecular formula is C8H17NO2S. The van der Waals surface area contributed by atoms with Gasteiger partial charge in [-0.25, -0.2) is 0 Å². The third kappa shape index (κ3) is 4.30. The molecular weight excluding hydrogens is 174 g/mol. The van der Waals surface area contributed by atoms with Gasteiger partial charge in [-0.1, -0.05) is 0 Å². The van der Waals surface area contributed by atoms with Gasteiger partial charge in [0.25, 0.3) is 0 Å². The van der Waals surface area contributed by atoms with Gasteiger partial charge in [0.05, 0.1) is 19.8 Å². The zero-order chi connectivity index (χ0) is 8.65. The van der Waals surface area contributed by atoms with Gasteiger partial charge in [-0.2, -0.15) is 0 Å². The van der Waals surface area contributed by atoms with Crippen molar-refractivity contribution in [2.75, 3.05) is 45.7 Å². The molecule has 0 bridgehead atoms. The highest BCUT2D eigenvalue weighted by Gasteiger charge is 2.08. The van der Waals surface area contributed by atoms with Crippen LogP contribution in [0.3, 0.4) is 0 Å². The fraction of sp³-hybridized carbons (Fsp3) is 1.00. The smallest absolute Gasteiger partial charge is 0.0625 e. The first-order chi connectivity index (χ1) is 5.93. The quantitative estimate of drug-likeness (QED) is 0.477. The van der Waals surface area contributed by atoms with Crippen molar-refractivity contribution >= 4 is 12.0 Å². The van der Waals surface area contributed by atoms with Crippen LogP contribution in [-0.4, -0.2) is 50.6 Å². The first-order valence-electron chi connectivity index (χ1n) is 4.39. The van der Waals surface area contributed by atoms with E-state index in [0.29, 0.717) is 0 Å². The van der Waals surface area contributed by atoms with Gasteiger partial charge in [0.1, 0.15) is 0 Å². The Morgan fingerprint density at radius 1 is 1.42 bits per heavy atom. The van der Waals surface area contributed by atoms with Gasteiger partial charge in [-0.15, -0.1) is 0 Å². The van der Waals surface area contributed by atoms with Crippen LogP contribution in [0.15, 0.2) is 0 Å². The molecule has 0 amide bonds. The zero-order valence-corrected chi connectivity index (χ0v) is 8.44. The van der Waals surface area contributed by atoms with E-state index in [2.05, 4.69) is 4.90 Å². The van der Waals surface area contributed by atoms with Gasteiger partial charge >= 0.3 is 0 Å². The predicted molar refractivity (Wildman–Crippen MR) is 51.3 cm³/mol. The molecule has 4 heteroatoms. The average Bonchev–Trinajstić information content (AvgIpc) is 2.14. The minimum atomic E-state index is 0.860. The van der Waals surface area contributed by atoms with Gasteiger partial charge < -0.3 is 8.92 Å². The molecule has 1 aliphatic heterocycles. The molecule has 0 aromatic rings. The summed E-state index contributed by atoms with van der Waals surface area (Å²) in [7, 11) is 0. The summed E-state index contributed by atoms with van der Waals surface area (Å²) in [6.45, 7) is 5.95. The summed E-state index contributed by atoms with van der Waals surface area (Å²) >= 11 is 1.45. The predicted octanol–water partition coefficient (Wildman–Crippen LogP) is 1.00. The third-order valence-electron chi connectivity index (χ3n) is 1.92. The van der Waals surface area contributed by atoms with Crippen LogP contribution in [-0.2, 0) is 8.92 Å². The molecule has 3 nitrogen and oxygen atoms in total. The molecule has 0 N–H and O–H groups in total. The Bertz CT molecular complexity index is 107. The van der Waals surface area contributed by atoms with Crippen molar-refractivity contribution < 1.29 is 8.92 Å². The maximum atomic E-state index is 5.25. The first-order valence-corrected chi connectivity index (χ1v) is 5.54. The van der Waals surface area contributed by atoms with Crippen LogP contribution < -0.4 is 0 Å². The number of nitrogens with zero attached hydrogens (tertiary/aromatic N) is 1. The molecule has 0 aliphatic carbocycles. The van der Waals surface area contributed by atoms with Crippen LogP contribution in [0.25, 0.3) is 0 Å². The second-order valence-corrected chi connectivity index (χ2v) is 3.37. The number of hydrogen-bond donors (Lipinski definition) is 0. The van der Waals surface area contributed by atoms with E-state index in [0.717, 1.165) is 45.9 Å². The Hall–Kier alpha value is 0.230. The molecule has 0 aromatic heterocycles. The van der Waals surface area contributed by atoms with E-state index in [-0.39, 0.29) is 0 Å². The zero-order valence-electron chi connectivity index (χ0n) is 7.62. The minimum absolute atomic E-state index is 0.860. The number of morpholine rings is 1. The number of ether oxygens (including phenoxy) is 1. The summed E-state index contributed by atoms with van der Waals surface area (Å²) in [5.74, 6) is 0. The average molecular weight is 191 g/mol. The summed E-state index contributed by atoms with van der Waals surface area (Å²) in [6.07, 6.45) is 3.08. The Morgan fingerprint density at radius 2 is 2.17 bits per heavy atom. The highest BCUT2D eigenvalue weighted by atomic mass is 32.2. The monoisotopic (exact) mass is 191 g/mol. The topological polar surface area (TPSA) is 21.7 Å². The summed E-state index contributed by atoms with van der Waals surface area (Å²) < 4.78 is 10.4. The normalized spacial score (nSPS) is 19.8. The lowest BCUT2D eigenvalue weighted by atomic mass is 10.3. The maximum Gasteiger partial charge on any atom is 0.0625 e. The highest BCUT2D eigenvalue weighted by Crippen LogP contribution is 2.00. The molecule has 0 spiro atoms. The van der Waals surface area contributed by atoms with Crippen LogP contribution >= 0.6 is 12.0 Å². The molecule has 0 aromatic carbocycles. The van der Waals surface area contributed by atoms with E-state index in [1.807, 2.05) is 6.26 Å². The van der Waals surface area contributed by atoms with Gasteiger partial charge in [-0.05, 0) is 18.5 Å². The van der Waals surface area contributed by atoms with E-state index in [9.17, 15) is 0 Å². The van der Waals surface area contributed by atoms with Crippen LogP contribution in [0.4, 0.5) is 0 Å². The molecule has 12 heavy (non-hydrogen) atoms. The van der Waals surface area contributed by atoms with Crippen LogP contribution in [0.1, 0.15) is 6.42 Å². The summed E-state index contributed by atoms with van der Waals surface area (Å²) in [5, 5.41) is 0. The fourth-order valence-corrected chi connectivity index (χ4v) is 1.54. The lowest BCUT2D eigenvalue weighted by Gasteiger charge is -2.26. The lowest BCUT2D eigenvalue weighted by Crippen LogP contribution is -2.37. The second kappa shape index (κ2) is 6.71. The molecule has 0 radical (unpaired) electrons. The Labute approximate surface area is 78.6 Å². The fourth-order valence-electron chi connectivity index (χ4n) is 1.26. The highest BCUT2D eigenvalue weighted by molar-refractivity contribution is 7.93. The number of rotatable bonds is 5. The van der Waals surface area contributed by atoms with Crippen molar-refractivity contribution in [3.05, 3.63) is 0 Å². The SMILES string of the molecule is CSOCCCN1CCOCC1. The largest absolute Gasteiger partial charge is 0.379 e. The standard InChI is InChI=1S/C8H17NO2S/c1-12-11-6-2-3-9-4-7-10-8-5-9/h2-8H2,1H3. The van der Waals surface area contributed by atoms with Crippen LogP contribution in [0.5, 0.6) is 0 Å². The van der Waals surface area contributed by atoms with E-state index >= 15 is 0 Å². The molecule has 1 aliphatic rings. The van der Waals surface area contributed by atoms with E-state index in [1.54, 1.807) is 0 Å². The summed E-state index contributed by atoms with van der Waals surface area (Å²) in [6, 6.07) is 0.